The maximum Gasteiger partial charge on any atom is 0.132 e. The maximum absolute atomic E-state index is 5.70. The number of rotatable bonds is 4. The Morgan fingerprint density at radius 2 is 2.20 bits per heavy atom. The zero-order valence-electron chi connectivity index (χ0n) is 9.38. The van der Waals surface area contributed by atoms with E-state index in [1.165, 1.54) is 12.8 Å². The normalized spacial score (nSPS) is 17.5. The van der Waals surface area contributed by atoms with E-state index in [9.17, 15) is 0 Å². The molecule has 0 atom stereocenters. The lowest BCUT2D eigenvalue weighted by atomic mass is 10.1. The number of aromatic nitrogens is 2. The SMILES string of the molecule is CCc1nc(N)cc(NCC2(C)CC2)n1. The summed E-state index contributed by atoms with van der Waals surface area (Å²) >= 11 is 0. The molecule has 0 spiro atoms. The highest BCUT2D eigenvalue weighted by atomic mass is 15.1. The number of hydrogen-bond donors (Lipinski definition) is 2. The van der Waals surface area contributed by atoms with Crippen molar-refractivity contribution in [2.75, 3.05) is 17.6 Å². The minimum absolute atomic E-state index is 0.478. The zero-order chi connectivity index (χ0) is 10.9. The van der Waals surface area contributed by atoms with Crippen LogP contribution in [0.3, 0.4) is 0 Å². The molecule has 4 nitrogen and oxygen atoms in total. The molecule has 82 valence electrons. The number of hydrogen-bond acceptors (Lipinski definition) is 4. The van der Waals surface area contributed by atoms with Crippen molar-refractivity contribution in [2.24, 2.45) is 5.41 Å². The van der Waals surface area contributed by atoms with E-state index in [4.69, 9.17) is 5.73 Å². The van der Waals surface area contributed by atoms with Gasteiger partial charge in [-0.05, 0) is 18.3 Å². The van der Waals surface area contributed by atoms with Gasteiger partial charge in [0.05, 0.1) is 0 Å². The largest absolute Gasteiger partial charge is 0.384 e. The van der Waals surface area contributed by atoms with Crippen molar-refractivity contribution in [2.45, 2.75) is 33.1 Å². The van der Waals surface area contributed by atoms with Gasteiger partial charge < -0.3 is 11.1 Å². The molecule has 2 rings (SSSR count). The summed E-state index contributed by atoms with van der Waals surface area (Å²) in [5.74, 6) is 2.20. The maximum atomic E-state index is 5.70. The van der Waals surface area contributed by atoms with Crippen LogP contribution in [-0.4, -0.2) is 16.5 Å². The highest BCUT2D eigenvalue weighted by Gasteiger charge is 2.36. The van der Waals surface area contributed by atoms with Gasteiger partial charge in [0.1, 0.15) is 17.5 Å². The topological polar surface area (TPSA) is 63.8 Å². The summed E-state index contributed by atoms with van der Waals surface area (Å²) in [5, 5.41) is 3.33. The van der Waals surface area contributed by atoms with Gasteiger partial charge in [-0.3, -0.25) is 0 Å². The van der Waals surface area contributed by atoms with Crippen LogP contribution >= 0.6 is 0 Å². The average molecular weight is 206 g/mol. The van der Waals surface area contributed by atoms with Crippen LogP contribution in [-0.2, 0) is 6.42 Å². The van der Waals surface area contributed by atoms with Crippen molar-refractivity contribution in [3.8, 4) is 0 Å². The van der Waals surface area contributed by atoms with Gasteiger partial charge in [0.15, 0.2) is 0 Å². The van der Waals surface area contributed by atoms with E-state index >= 15 is 0 Å². The van der Waals surface area contributed by atoms with E-state index in [0.29, 0.717) is 11.2 Å². The Bertz CT molecular complexity index is 358. The van der Waals surface area contributed by atoms with Crippen LogP contribution in [0.1, 0.15) is 32.5 Å². The van der Waals surface area contributed by atoms with E-state index in [1.807, 2.05) is 6.92 Å². The van der Waals surface area contributed by atoms with E-state index in [0.717, 1.165) is 24.6 Å². The van der Waals surface area contributed by atoms with Gasteiger partial charge in [-0.1, -0.05) is 13.8 Å². The van der Waals surface area contributed by atoms with Crippen LogP contribution in [0.4, 0.5) is 11.6 Å². The molecule has 0 radical (unpaired) electrons. The summed E-state index contributed by atoms with van der Waals surface area (Å²) < 4.78 is 0. The van der Waals surface area contributed by atoms with Gasteiger partial charge in [-0.25, -0.2) is 9.97 Å². The molecule has 1 aromatic heterocycles. The van der Waals surface area contributed by atoms with Crippen LogP contribution in [0.25, 0.3) is 0 Å². The molecule has 0 bridgehead atoms. The molecular formula is C11H18N4. The lowest BCUT2D eigenvalue weighted by molar-refractivity contribution is 0.609. The van der Waals surface area contributed by atoms with Crippen molar-refractivity contribution in [3.63, 3.8) is 0 Å². The first-order valence-electron chi connectivity index (χ1n) is 5.49. The second kappa shape index (κ2) is 3.68. The summed E-state index contributed by atoms with van der Waals surface area (Å²) in [6.45, 7) is 5.29. The number of nitrogen functional groups attached to an aromatic ring is 1. The van der Waals surface area contributed by atoms with Crippen LogP contribution in [0.15, 0.2) is 6.07 Å². The first kappa shape index (κ1) is 10.2. The Balaban J connectivity index is 2.03. The fourth-order valence-corrected chi connectivity index (χ4v) is 1.46. The third-order valence-electron chi connectivity index (χ3n) is 2.91. The second-order valence-corrected chi connectivity index (χ2v) is 4.61. The lowest BCUT2D eigenvalue weighted by Crippen LogP contribution is -2.14. The molecule has 1 heterocycles. The van der Waals surface area contributed by atoms with Gasteiger partial charge >= 0.3 is 0 Å². The van der Waals surface area contributed by atoms with Gasteiger partial charge in [-0.15, -0.1) is 0 Å². The third-order valence-corrected chi connectivity index (χ3v) is 2.91. The molecule has 3 N–H and O–H groups in total. The molecule has 1 saturated carbocycles. The van der Waals surface area contributed by atoms with Crippen molar-refractivity contribution in [1.82, 2.24) is 9.97 Å². The second-order valence-electron chi connectivity index (χ2n) is 4.61. The number of nitrogens with one attached hydrogen (secondary N) is 1. The van der Waals surface area contributed by atoms with Gasteiger partial charge in [-0.2, -0.15) is 0 Å². The molecule has 4 heteroatoms. The Hall–Kier alpha value is -1.32. The number of anilines is 2. The van der Waals surface area contributed by atoms with Crippen molar-refractivity contribution in [1.29, 1.82) is 0 Å². The summed E-state index contributed by atoms with van der Waals surface area (Å²) in [7, 11) is 0. The molecule has 0 aromatic carbocycles. The van der Waals surface area contributed by atoms with Crippen LogP contribution < -0.4 is 11.1 Å². The Morgan fingerprint density at radius 3 is 2.80 bits per heavy atom. The van der Waals surface area contributed by atoms with Crippen LogP contribution in [0, 0.1) is 5.41 Å². The van der Waals surface area contributed by atoms with E-state index in [-0.39, 0.29) is 0 Å². The monoisotopic (exact) mass is 206 g/mol. The van der Waals surface area contributed by atoms with Crippen LogP contribution in [0.5, 0.6) is 0 Å². The van der Waals surface area contributed by atoms with Crippen molar-refractivity contribution >= 4 is 11.6 Å². The average Bonchev–Trinajstić information content (AvgIpc) is 2.94. The highest BCUT2D eigenvalue weighted by molar-refractivity contribution is 5.44. The standard InChI is InChI=1S/C11H18N4/c1-3-9-14-8(12)6-10(15-9)13-7-11(2)4-5-11/h6H,3-5,7H2,1-2H3,(H3,12,13,14,15). The molecule has 1 fully saturated rings. The molecule has 0 amide bonds. The third kappa shape index (κ3) is 2.58. The predicted molar refractivity (Wildman–Crippen MR) is 61.7 cm³/mol. The number of nitrogens with zero attached hydrogens (tertiary/aromatic N) is 2. The van der Waals surface area contributed by atoms with E-state index in [2.05, 4.69) is 22.2 Å². The summed E-state index contributed by atoms with van der Waals surface area (Å²) in [6, 6.07) is 1.80. The molecule has 1 aromatic rings. The van der Waals surface area contributed by atoms with Gasteiger partial charge in [0.25, 0.3) is 0 Å². The lowest BCUT2D eigenvalue weighted by Gasteiger charge is -2.11. The quantitative estimate of drug-likeness (QED) is 0.789. The predicted octanol–water partition coefficient (Wildman–Crippen LogP) is 1.83. The molecule has 0 saturated heterocycles. The minimum atomic E-state index is 0.478. The van der Waals surface area contributed by atoms with Crippen molar-refractivity contribution < 1.29 is 0 Å². The summed E-state index contributed by atoms with van der Waals surface area (Å²) in [6.07, 6.45) is 3.43. The molecule has 15 heavy (non-hydrogen) atoms. The number of nitrogens with two attached hydrogens (primary N) is 1. The molecule has 1 aliphatic carbocycles. The Kier molecular flexibility index (Phi) is 2.50. The van der Waals surface area contributed by atoms with Crippen LogP contribution in [0.2, 0.25) is 0 Å². The minimum Gasteiger partial charge on any atom is -0.384 e. The zero-order valence-corrected chi connectivity index (χ0v) is 9.38. The van der Waals surface area contributed by atoms with Gasteiger partial charge in [0.2, 0.25) is 0 Å². The first-order valence-corrected chi connectivity index (χ1v) is 5.49. The number of aryl methyl sites for hydroxylation is 1. The molecule has 0 aliphatic heterocycles. The fraction of sp³-hybridized carbons (Fsp3) is 0.636. The Labute approximate surface area is 90.3 Å². The van der Waals surface area contributed by atoms with Gasteiger partial charge in [0, 0.05) is 19.0 Å². The molecule has 0 unspecified atom stereocenters. The smallest absolute Gasteiger partial charge is 0.132 e. The summed E-state index contributed by atoms with van der Waals surface area (Å²) in [5.41, 5.74) is 6.18. The van der Waals surface area contributed by atoms with E-state index < -0.39 is 0 Å². The highest BCUT2D eigenvalue weighted by Crippen LogP contribution is 2.44. The summed E-state index contributed by atoms with van der Waals surface area (Å²) in [4.78, 5) is 8.52. The molecule has 1 aliphatic rings. The van der Waals surface area contributed by atoms with E-state index in [1.54, 1.807) is 6.07 Å². The fourth-order valence-electron chi connectivity index (χ4n) is 1.46. The first-order chi connectivity index (χ1) is 7.11. The molecular weight excluding hydrogens is 188 g/mol. The van der Waals surface area contributed by atoms with Crippen molar-refractivity contribution in [3.05, 3.63) is 11.9 Å². The Morgan fingerprint density at radius 1 is 1.47 bits per heavy atom.